The number of thioether (sulfide) groups is 1. The van der Waals surface area contributed by atoms with Crippen molar-refractivity contribution in [1.29, 1.82) is 0 Å². The molecule has 2 fully saturated rings. The van der Waals surface area contributed by atoms with Crippen LogP contribution in [0, 0.1) is 0 Å². The number of hydrogen-bond donors (Lipinski definition) is 1. The molecule has 21 heavy (non-hydrogen) atoms. The molecular formula is C16H25NO3S. The summed E-state index contributed by atoms with van der Waals surface area (Å²) in [6.07, 6.45) is 6.01. The molecule has 1 aromatic rings. The van der Waals surface area contributed by atoms with Crippen molar-refractivity contribution < 1.29 is 13.9 Å². The lowest BCUT2D eigenvalue weighted by Crippen LogP contribution is -2.50. The molecule has 2 aliphatic rings. The Kier molecular flexibility index (Phi) is 5.27. The first-order valence-corrected chi connectivity index (χ1v) is 9.01. The van der Waals surface area contributed by atoms with Crippen LogP contribution in [0.4, 0.5) is 0 Å². The van der Waals surface area contributed by atoms with Crippen LogP contribution in [0.15, 0.2) is 22.8 Å². The van der Waals surface area contributed by atoms with Crippen LogP contribution in [-0.4, -0.2) is 36.8 Å². The third-order valence-corrected chi connectivity index (χ3v) is 5.66. The Balaban J connectivity index is 1.61. The zero-order valence-electron chi connectivity index (χ0n) is 12.7. The highest BCUT2D eigenvalue weighted by Crippen LogP contribution is 2.41. The number of rotatable bonds is 6. The van der Waals surface area contributed by atoms with Gasteiger partial charge in [0.25, 0.3) is 0 Å². The Hall–Kier alpha value is -0.490. The topological polar surface area (TPSA) is 43.6 Å². The van der Waals surface area contributed by atoms with Gasteiger partial charge in [0, 0.05) is 24.1 Å². The Morgan fingerprint density at radius 2 is 2.24 bits per heavy atom. The Morgan fingerprint density at radius 1 is 1.38 bits per heavy atom. The van der Waals surface area contributed by atoms with E-state index < -0.39 is 0 Å². The smallest absolute Gasteiger partial charge is 0.169 e. The van der Waals surface area contributed by atoms with Gasteiger partial charge in [0.1, 0.15) is 5.76 Å². The second-order valence-corrected chi connectivity index (χ2v) is 7.07. The third kappa shape index (κ3) is 3.83. The van der Waals surface area contributed by atoms with Gasteiger partial charge in [-0.2, -0.15) is 0 Å². The predicted molar refractivity (Wildman–Crippen MR) is 84.4 cm³/mol. The van der Waals surface area contributed by atoms with Crippen molar-refractivity contribution in [1.82, 2.24) is 5.32 Å². The maximum Gasteiger partial charge on any atom is 0.169 e. The van der Waals surface area contributed by atoms with Gasteiger partial charge in [0.2, 0.25) is 0 Å². The first-order chi connectivity index (χ1) is 10.3. The van der Waals surface area contributed by atoms with Gasteiger partial charge in [-0.3, -0.25) is 0 Å². The molecule has 2 heterocycles. The van der Waals surface area contributed by atoms with E-state index in [0.717, 1.165) is 50.5 Å². The van der Waals surface area contributed by atoms with Crippen molar-refractivity contribution in [2.45, 2.75) is 55.4 Å². The van der Waals surface area contributed by atoms with Crippen LogP contribution in [-0.2, 0) is 15.2 Å². The fraction of sp³-hybridized carbons (Fsp3) is 0.750. The monoisotopic (exact) mass is 311 g/mol. The van der Waals surface area contributed by atoms with Gasteiger partial charge < -0.3 is 19.2 Å². The van der Waals surface area contributed by atoms with Gasteiger partial charge in [-0.25, -0.2) is 0 Å². The Morgan fingerprint density at radius 3 is 2.95 bits per heavy atom. The molecule has 1 saturated heterocycles. The van der Waals surface area contributed by atoms with Crippen LogP contribution in [0.1, 0.15) is 38.4 Å². The molecule has 1 saturated carbocycles. The quantitative estimate of drug-likeness (QED) is 0.874. The fourth-order valence-electron chi connectivity index (χ4n) is 3.19. The van der Waals surface area contributed by atoms with E-state index in [1.54, 1.807) is 6.26 Å². The SMILES string of the molecule is CCCNC1CCC2(CC1SCc1ccco1)OCCO2. The summed E-state index contributed by atoms with van der Waals surface area (Å²) < 4.78 is 17.3. The number of hydrogen-bond acceptors (Lipinski definition) is 5. The molecule has 2 unspecified atom stereocenters. The summed E-state index contributed by atoms with van der Waals surface area (Å²) in [5.41, 5.74) is 0. The van der Waals surface area contributed by atoms with E-state index in [9.17, 15) is 0 Å². The molecule has 0 bridgehead atoms. The molecule has 2 atom stereocenters. The molecule has 0 amide bonds. The van der Waals surface area contributed by atoms with Crippen LogP contribution in [0.2, 0.25) is 0 Å². The molecule has 1 spiro atoms. The molecule has 0 aromatic carbocycles. The van der Waals surface area contributed by atoms with Crippen LogP contribution in [0.25, 0.3) is 0 Å². The van der Waals surface area contributed by atoms with Gasteiger partial charge in [0.05, 0.1) is 25.2 Å². The summed E-state index contributed by atoms with van der Waals surface area (Å²) in [4.78, 5) is 0. The molecule has 4 nitrogen and oxygen atoms in total. The number of nitrogens with one attached hydrogen (secondary N) is 1. The zero-order valence-corrected chi connectivity index (χ0v) is 13.5. The second-order valence-electron chi connectivity index (χ2n) is 5.84. The average Bonchev–Trinajstić information content (AvgIpc) is 3.16. The standard InChI is InChI=1S/C16H25NO3S/c1-2-7-17-14-5-6-16(19-9-10-20-16)11-15(14)21-12-13-4-3-8-18-13/h3-4,8,14-15,17H,2,5-7,9-12H2,1H3. The molecule has 3 rings (SSSR count). The van der Waals surface area contributed by atoms with Gasteiger partial charge in [0.15, 0.2) is 5.79 Å². The minimum absolute atomic E-state index is 0.314. The highest BCUT2D eigenvalue weighted by atomic mass is 32.2. The summed E-state index contributed by atoms with van der Waals surface area (Å²) in [7, 11) is 0. The van der Waals surface area contributed by atoms with Crippen LogP contribution >= 0.6 is 11.8 Å². The highest BCUT2D eigenvalue weighted by Gasteiger charge is 2.45. The highest BCUT2D eigenvalue weighted by molar-refractivity contribution is 7.99. The van der Waals surface area contributed by atoms with Crippen molar-refractivity contribution in [2.75, 3.05) is 19.8 Å². The van der Waals surface area contributed by atoms with E-state index in [2.05, 4.69) is 12.2 Å². The molecule has 1 aliphatic carbocycles. The van der Waals surface area contributed by atoms with E-state index in [0.29, 0.717) is 11.3 Å². The molecule has 0 radical (unpaired) electrons. The molecule has 5 heteroatoms. The minimum atomic E-state index is -0.314. The third-order valence-electron chi connectivity index (χ3n) is 4.29. The lowest BCUT2D eigenvalue weighted by atomic mass is 9.89. The zero-order chi connectivity index (χ0) is 14.5. The summed E-state index contributed by atoms with van der Waals surface area (Å²) in [5, 5.41) is 4.20. The van der Waals surface area contributed by atoms with Crippen LogP contribution in [0.3, 0.4) is 0 Å². The largest absolute Gasteiger partial charge is 0.468 e. The Labute approximate surface area is 130 Å². The van der Waals surface area contributed by atoms with Crippen molar-refractivity contribution in [2.24, 2.45) is 0 Å². The van der Waals surface area contributed by atoms with Crippen molar-refractivity contribution in [3.63, 3.8) is 0 Å². The van der Waals surface area contributed by atoms with Crippen molar-refractivity contribution in [3.05, 3.63) is 24.2 Å². The lowest BCUT2D eigenvalue weighted by molar-refractivity contribution is -0.178. The molecule has 1 aliphatic heterocycles. The Bertz CT molecular complexity index is 417. The molecule has 118 valence electrons. The van der Waals surface area contributed by atoms with Gasteiger partial charge >= 0.3 is 0 Å². The maximum atomic E-state index is 5.91. The summed E-state index contributed by atoms with van der Waals surface area (Å²) in [5.74, 6) is 1.64. The van der Waals surface area contributed by atoms with Crippen LogP contribution < -0.4 is 5.32 Å². The summed E-state index contributed by atoms with van der Waals surface area (Å²) in [6, 6.07) is 4.54. The molecule has 1 N–H and O–H groups in total. The van der Waals surface area contributed by atoms with E-state index in [1.165, 1.54) is 6.42 Å². The van der Waals surface area contributed by atoms with E-state index in [4.69, 9.17) is 13.9 Å². The summed E-state index contributed by atoms with van der Waals surface area (Å²) >= 11 is 1.96. The van der Waals surface area contributed by atoms with Gasteiger partial charge in [-0.05, 0) is 31.5 Å². The van der Waals surface area contributed by atoms with E-state index in [-0.39, 0.29) is 5.79 Å². The maximum absolute atomic E-state index is 5.91. The van der Waals surface area contributed by atoms with Crippen molar-refractivity contribution >= 4 is 11.8 Å². The van der Waals surface area contributed by atoms with Gasteiger partial charge in [-0.1, -0.05) is 6.92 Å². The van der Waals surface area contributed by atoms with Crippen LogP contribution in [0.5, 0.6) is 0 Å². The molecular weight excluding hydrogens is 286 g/mol. The van der Waals surface area contributed by atoms with E-state index in [1.807, 2.05) is 23.9 Å². The van der Waals surface area contributed by atoms with E-state index >= 15 is 0 Å². The molecule has 1 aromatic heterocycles. The van der Waals surface area contributed by atoms with Gasteiger partial charge in [-0.15, -0.1) is 11.8 Å². The first kappa shape index (κ1) is 15.4. The normalized spacial score (nSPS) is 28.2. The minimum Gasteiger partial charge on any atom is -0.468 e. The average molecular weight is 311 g/mol. The van der Waals surface area contributed by atoms with Crippen molar-refractivity contribution in [3.8, 4) is 0 Å². The first-order valence-electron chi connectivity index (χ1n) is 7.96. The number of ether oxygens (including phenoxy) is 2. The fourth-order valence-corrected chi connectivity index (χ4v) is 4.57. The second kappa shape index (κ2) is 7.18. The number of furan rings is 1. The lowest BCUT2D eigenvalue weighted by Gasteiger charge is -2.41. The summed E-state index contributed by atoms with van der Waals surface area (Å²) in [6.45, 7) is 4.77. The predicted octanol–water partition coefficient (Wildman–Crippen LogP) is 3.18.